The summed E-state index contributed by atoms with van der Waals surface area (Å²) in [5, 5.41) is 10.2. The molecule has 21 heavy (non-hydrogen) atoms. The minimum atomic E-state index is -4.34. The minimum absolute atomic E-state index is 0.0503. The number of hydrogen-bond donors (Lipinski definition) is 1. The van der Waals surface area contributed by atoms with Crippen LogP contribution in [-0.4, -0.2) is 10.6 Å². The van der Waals surface area contributed by atoms with E-state index in [-0.39, 0.29) is 16.7 Å². The van der Waals surface area contributed by atoms with Crippen LogP contribution in [0.3, 0.4) is 0 Å². The molecule has 1 N–H and O–H groups in total. The van der Waals surface area contributed by atoms with Gasteiger partial charge in [-0.25, -0.2) is 4.39 Å². The van der Waals surface area contributed by atoms with Gasteiger partial charge in [-0.05, 0) is 59.6 Å². The predicted molar refractivity (Wildman–Crippen MR) is 73.6 cm³/mol. The standard InChI is InChI=1S/C15H12F4OS/c1-9-8-11(16)4-7-13(9)14(20)10-2-5-12(6-3-10)21-15(17,18)19/h2-8,14,20H,1H3. The molecule has 0 spiro atoms. The van der Waals surface area contributed by atoms with Crippen molar-refractivity contribution in [3.05, 3.63) is 65.0 Å². The molecular weight excluding hydrogens is 304 g/mol. The van der Waals surface area contributed by atoms with Gasteiger partial charge < -0.3 is 5.11 Å². The number of rotatable bonds is 3. The molecule has 2 rings (SSSR count). The molecule has 1 unspecified atom stereocenters. The number of hydrogen-bond acceptors (Lipinski definition) is 2. The maximum Gasteiger partial charge on any atom is 0.446 e. The molecule has 0 aromatic heterocycles. The molecule has 0 bridgehead atoms. The maximum atomic E-state index is 13.0. The molecule has 112 valence electrons. The topological polar surface area (TPSA) is 20.2 Å². The molecule has 0 aliphatic carbocycles. The molecule has 1 nitrogen and oxygen atoms in total. The summed E-state index contributed by atoms with van der Waals surface area (Å²) in [5.74, 6) is -0.402. The number of halogens is 4. The van der Waals surface area contributed by atoms with Crippen LogP contribution in [-0.2, 0) is 0 Å². The molecule has 1 atom stereocenters. The molecule has 2 aromatic carbocycles. The first kappa shape index (κ1) is 15.9. The molecule has 0 aliphatic rings. The van der Waals surface area contributed by atoms with Gasteiger partial charge >= 0.3 is 5.51 Å². The number of aliphatic hydroxyl groups excluding tert-OH is 1. The number of benzene rings is 2. The fraction of sp³-hybridized carbons (Fsp3) is 0.200. The van der Waals surface area contributed by atoms with Gasteiger partial charge in [0.15, 0.2) is 0 Å². The summed E-state index contributed by atoms with van der Waals surface area (Å²) < 4.78 is 49.7. The number of aliphatic hydroxyl groups is 1. The quantitative estimate of drug-likeness (QED) is 0.646. The Morgan fingerprint density at radius 3 is 2.19 bits per heavy atom. The zero-order valence-corrected chi connectivity index (χ0v) is 11.8. The van der Waals surface area contributed by atoms with Crippen molar-refractivity contribution in [2.75, 3.05) is 0 Å². The van der Waals surface area contributed by atoms with E-state index in [0.717, 1.165) is 0 Å². The molecule has 6 heteroatoms. The lowest BCUT2D eigenvalue weighted by molar-refractivity contribution is -0.0328. The summed E-state index contributed by atoms with van der Waals surface area (Å²) in [4.78, 5) is 0.0503. The van der Waals surface area contributed by atoms with Crippen molar-refractivity contribution in [3.63, 3.8) is 0 Å². The van der Waals surface area contributed by atoms with Crippen LogP contribution in [0.4, 0.5) is 17.6 Å². The van der Waals surface area contributed by atoms with Crippen molar-refractivity contribution in [1.82, 2.24) is 0 Å². The van der Waals surface area contributed by atoms with Gasteiger partial charge in [-0.1, -0.05) is 18.2 Å². The second kappa shape index (κ2) is 6.07. The largest absolute Gasteiger partial charge is 0.446 e. The van der Waals surface area contributed by atoms with E-state index in [1.54, 1.807) is 6.92 Å². The molecular formula is C15H12F4OS. The van der Waals surface area contributed by atoms with Gasteiger partial charge in [0, 0.05) is 4.90 Å². The highest BCUT2D eigenvalue weighted by Gasteiger charge is 2.29. The summed E-state index contributed by atoms with van der Waals surface area (Å²) in [6, 6.07) is 9.47. The van der Waals surface area contributed by atoms with E-state index in [0.29, 0.717) is 16.7 Å². The third kappa shape index (κ3) is 4.22. The molecule has 0 saturated heterocycles. The summed E-state index contributed by atoms with van der Waals surface area (Å²) in [6.07, 6.45) is -1.00. The van der Waals surface area contributed by atoms with E-state index < -0.39 is 17.4 Å². The maximum absolute atomic E-state index is 13.0. The Balaban J connectivity index is 2.22. The first-order valence-corrected chi connectivity index (χ1v) is 6.88. The lowest BCUT2D eigenvalue weighted by atomic mass is 9.97. The molecule has 0 radical (unpaired) electrons. The lowest BCUT2D eigenvalue weighted by Gasteiger charge is -2.15. The predicted octanol–water partition coefficient (Wildman–Crippen LogP) is 4.83. The first-order valence-electron chi connectivity index (χ1n) is 6.06. The van der Waals surface area contributed by atoms with Crippen LogP contribution in [0.1, 0.15) is 22.8 Å². The van der Waals surface area contributed by atoms with Crippen molar-refractivity contribution in [2.24, 2.45) is 0 Å². The zero-order valence-electron chi connectivity index (χ0n) is 11.0. The van der Waals surface area contributed by atoms with Crippen LogP contribution in [0.5, 0.6) is 0 Å². The smallest absolute Gasteiger partial charge is 0.384 e. The van der Waals surface area contributed by atoms with Gasteiger partial charge in [-0.3, -0.25) is 0 Å². The average Bonchev–Trinajstić information content (AvgIpc) is 2.37. The molecule has 0 aliphatic heterocycles. The minimum Gasteiger partial charge on any atom is -0.384 e. The molecule has 0 saturated carbocycles. The van der Waals surface area contributed by atoms with Crippen molar-refractivity contribution in [1.29, 1.82) is 0 Å². The van der Waals surface area contributed by atoms with Crippen molar-refractivity contribution in [2.45, 2.75) is 23.4 Å². The fourth-order valence-electron chi connectivity index (χ4n) is 1.98. The van der Waals surface area contributed by atoms with Crippen molar-refractivity contribution >= 4 is 11.8 Å². The average molecular weight is 316 g/mol. The van der Waals surface area contributed by atoms with Crippen LogP contribution < -0.4 is 0 Å². The third-order valence-corrected chi connectivity index (χ3v) is 3.70. The van der Waals surface area contributed by atoms with E-state index in [1.807, 2.05) is 0 Å². The normalized spacial score (nSPS) is 13.2. The van der Waals surface area contributed by atoms with E-state index in [4.69, 9.17) is 0 Å². The van der Waals surface area contributed by atoms with Gasteiger partial charge in [-0.15, -0.1) is 0 Å². The molecule has 0 fully saturated rings. The number of aryl methyl sites for hydroxylation is 1. The van der Waals surface area contributed by atoms with Crippen molar-refractivity contribution < 1.29 is 22.7 Å². The van der Waals surface area contributed by atoms with Gasteiger partial charge in [-0.2, -0.15) is 13.2 Å². The van der Waals surface area contributed by atoms with Gasteiger partial charge in [0.1, 0.15) is 11.9 Å². The van der Waals surface area contributed by atoms with Crippen LogP contribution in [0.2, 0.25) is 0 Å². The van der Waals surface area contributed by atoms with E-state index >= 15 is 0 Å². The van der Waals surface area contributed by atoms with Crippen LogP contribution in [0.15, 0.2) is 47.4 Å². The Morgan fingerprint density at radius 2 is 1.67 bits per heavy atom. The number of alkyl halides is 3. The Kier molecular flexibility index (Phi) is 4.58. The second-order valence-electron chi connectivity index (χ2n) is 4.52. The van der Waals surface area contributed by atoms with Crippen LogP contribution >= 0.6 is 11.8 Å². The molecule has 0 amide bonds. The zero-order chi connectivity index (χ0) is 15.6. The highest BCUT2D eigenvalue weighted by Crippen LogP contribution is 2.37. The van der Waals surface area contributed by atoms with E-state index in [2.05, 4.69) is 0 Å². The van der Waals surface area contributed by atoms with Crippen molar-refractivity contribution in [3.8, 4) is 0 Å². The number of thioether (sulfide) groups is 1. The monoisotopic (exact) mass is 316 g/mol. The van der Waals surface area contributed by atoms with Crippen LogP contribution in [0, 0.1) is 12.7 Å². The summed E-state index contributed by atoms with van der Waals surface area (Å²) in [5.41, 5.74) is -2.78. The van der Waals surface area contributed by atoms with Gasteiger partial charge in [0.2, 0.25) is 0 Å². The van der Waals surface area contributed by atoms with E-state index in [1.165, 1.54) is 42.5 Å². The SMILES string of the molecule is Cc1cc(F)ccc1C(O)c1ccc(SC(F)(F)F)cc1. The Labute approximate surface area is 123 Å². The summed E-state index contributed by atoms with van der Waals surface area (Å²) in [7, 11) is 0. The molecule has 2 aromatic rings. The summed E-state index contributed by atoms with van der Waals surface area (Å²) >= 11 is -0.209. The third-order valence-electron chi connectivity index (χ3n) is 2.96. The second-order valence-corrected chi connectivity index (χ2v) is 5.66. The Hall–Kier alpha value is -1.53. The highest BCUT2D eigenvalue weighted by molar-refractivity contribution is 8.00. The molecule has 0 heterocycles. The Bertz CT molecular complexity index is 623. The Morgan fingerprint density at radius 1 is 1.05 bits per heavy atom. The lowest BCUT2D eigenvalue weighted by Crippen LogP contribution is -2.03. The van der Waals surface area contributed by atoms with Crippen LogP contribution in [0.25, 0.3) is 0 Å². The van der Waals surface area contributed by atoms with Gasteiger partial charge in [0.25, 0.3) is 0 Å². The first-order chi connectivity index (χ1) is 9.76. The van der Waals surface area contributed by atoms with E-state index in [9.17, 15) is 22.7 Å². The fourth-order valence-corrected chi connectivity index (χ4v) is 2.52. The summed E-state index contributed by atoms with van der Waals surface area (Å²) in [6.45, 7) is 1.66. The highest BCUT2D eigenvalue weighted by atomic mass is 32.2. The van der Waals surface area contributed by atoms with Gasteiger partial charge in [0.05, 0.1) is 0 Å².